The summed E-state index contributed by atoms with van der Waals surface area (Å²) in [5, 5.41) is 4.42. The van der Waals surface area contributed by atoms with Crippen LogP contribution in [0.15, 0.2) is 54.7 Å². The van der Waals surface area contributed by atoms with Gasteiger partial charge >= 0.3 is 0 Å². The quantitative estimate of drug-likeness (QED) is 0.571. The third-order valence-electron chi connectivity index (χ3n) is 5.81. The maximum absolute atomic E-state index is 13.1. The van der Waals surface area contributed by atoms with Gasteiger partial charge in [-0.3, -0.25) is 14.4 Å². The molecule has 7 nitrogen and oxygen atoms in total. The number of hydrogen-bond acceptors (Lipinski definition) is 5. The van der Waals surface area contributed by atoms with Gasteiger partial charge in [-0.15, -0.1) is 0 Å². The van der Waals surface area contributed by atoms with Gasteiger partial charge in [0.05, 0.1) is 12.8 Å². The van der Waals surface area contributed by atoms with E-state index in [2.05, 4.69) is 16.2 Å². The number of aryl methyl sites for hydroxylation is 2. The lowest BCUT2D eigenvalue weighted by atomic mass is 10.1. The van der Waals surface area contributed by atoms with Crippen molar-refractivity contribution in [2.75, 3.05) is 33.3 Å². The van der Waals surface area contributed by atoms with Crippen molar-refractivity contribution in [2.45, 2.75) is 20.1 Å². The first-order valence-corrected chi connectivity index (χ1v) is 10.9. The van der Waals surface area contributed by atoms with Gasteiger partial charge in [0.15, 0.2) is 11.5 Å². The van der Waals surface area contributed by atoms with Crippen LogP contribution < -0.4 is 9.47 Å². The SMILES string of the molecule is COc1ccccc1OCc1cccc(C(=O)N2CCN(Cc3cn(C)nc3C)CC2)c1. The van der Waals surface area contributed by atoms with Crippen LogP contribution in [-0.2, 0) is 20.2 Å². The summed E-state index contributed by atoms with van der Waals surface area (Å²) in [5.41, 5.74) is 3.96. The maximum atomic E-state index is 13.1. The average Bonchev–Trinajstić information content (AvgIpc) is 3.14. The summed E-state index contributed by atoms with van der Waals surface area (Å²) in [5.74, 6) is 1.45. The van der Waals surface area contributed by atoms with Crippen molar-refractivity contribution in [2.24, 2.45) is 7.05 Å². The smallest absolute Gasteiger partial charge is 0.253 e. The van der Waals surface area contributed by atoms with Crippen molar-refractivity contribution in [3.8, 4) is 11.5 Å². The zero-order chi connectivity index (χ0) is 22.5. The van der Waals surface area contributed by atoms with Crippen LogP contribution >= 0.6 is 0 Å². The van der Waals surface area contributed by atoms with Crippen LogP contribution in [0.1, 0.15) is 27.2 Å². The molecule has 1 aromatic heterocycles. The van der Waals surface area contributed by atoms with E-state index >= 15 is 0 Å². The van der Waals surface area contributed by atoms with Crippen LogP contribution in [0.4, 0.5) is 0 Å². The van der Waals surface area contributed by atoms with Gasteiger partial charge in [0.2, 0.25) is 0 Å². The molecule has 1 amide bonds. The highest BCUT2D eigenvalue weighted by atomic mass is 16.5. The Labute approximate surface area is 189 Å². The molecule has 0 spiro atoms. The molecule has 32 heavy (non-hydrogen) atoms. The molecule has 0 N–H and O–H groups in total. The Kier molecular flexibility index (Phi) is 6.75. The second-order valence-corrected chi connectivity index (χ2v) is 8.12. The lowest BCUT2D eigenvalue weighted by Gasteiger charge is -2.34. The molecule has 1 fully saturated rings. The monoisotopic (exact) mass is 434 g/mol. The summed E-state index contributed by atoms with van der Waals surface area (Å²) < 4.78 is 13.1. The molecule has 0 aliphatic carbocycles. The zero-order valence-electron chi connectivity index (χ0n) is 19.0. The summed E-state index contributed by atoms with van der Waals surface area (Å²) in [7, 11) is 3.57. The van der Waals surface area contributed by atoms with Crippen LogP contribution in [0.5, 0.6) is 11.5 Å². The topological polar surface area (TPSA) is 59.8 Å². The van der Waals surface area contributed by atoms with Crippen molar-refractivity contribution in [1.29, 1.82) is 0 Å². The normalized spacial score (nSPS) is 14.4. The molecular formula is C25H30N4O3. The van der Waals surface area contributed by atoms with Gasteiger partial charge in [0.1, 0.15) is 6.61 Å². The fourth-order valence-electron chi connectivity index (χ4n) is 4.03. The molecule has 0 atom stereocenters. The highest BCUT2D eigenvalue weighted by molar-refractivity contribution is 5.94. The number of para-hydroxylation sites is 2. The number of piperazine rings is 1. The molecule has 2 aromatic carbocycles. The molecule has 168 valence electrons. The summed E-state index contributed by atoms with van der Waals surface area (Å²) >= 11 is 0. The Morgan fingerprint density at radius 1 is 1.03 bits per heavy atom. The van der Waals surface area contributed by atoms with Crippen molar-refractivity contribution in [3.05, 3.63) is 77.1 Å². The third kappa shape index (κ3) is 5.11. The summed E-state index contributed by atoms with van der Waals surface area (Å²) in [6.07, 6.45) is 2.07. The Hall–Kier alpha value is -3.32. The van der Waals surface area contributed by atoms with Gasteiger partial charge in [-0.2, -0.15) is 5.10 Å². The van der Waals surface area contributed by atoms with E-state index in [1.54, 1.807) is 7.11 Å². The average molecular weight is 435 g/mol. The first-order valence-electron chi connectivity index (χ1n) is 10.9. The second-order valence-electron chi connectivity index (χ2n) is 8.12. The van der Waals surface area contributed by atoms with Crippen molar-refractivity contribution < 1.29 is 14.3 Å². The summed E-state index contributed by atoms with van der Waals surface area (Å²) in [4.78, 5) is 17.4. The summed E-state index contributed by atoms with van der Waals surface area (Å²) in [6, 6.07) is 15.2. The van der Waals surface area contributed by atoms with Gasteiger partial charge in [-0.25, -0.2) is 0 Å². The van der Waals surface area contributed by atoms with E-state index in [1.807, 2.05) is 72.1 Å². The van der Waals surface area contributed by atoms with E-state index < -0.39 is 0 Å². The standard InChI is InChI=1S/C25H30N4O3/c1-19-22(16-27(2)26-19)17-28-11-13-29(14-12-28)25(30)21-8-6-7-20(15-21)18-32-24-10-5-4-9-23(24)31-3/h4-10,15-16H,11-14,17-18H2,1-3H3. The number of benzene rings is 2. The Bertz CT molecular complexity index is 1070. The molecular weight excluding hydrogens is 404 g/mol. The largest absolute Gasteiger partial charge is 0.493 e. The lowest BCUT2D eigenvalue weighted by molar-refractivity contribution is 0.0628. The Morgan fingerprint density at radius 2 is 1.78 bits per heavy atom. The highest BCUT2D eigenvalue weighted by Gasteiger charge is 2.23. The number of carbonyl (C=O) groups is 1. The molecule has 0 unspecified atom stereocenters. The van der Waals surface area contributed by atoms with E-state index in [4.69, 9.17) is 9.47 Å². The van der Waals surface area contributed by atoms with Crippen LogP contribution in [0, 0.1) is 6.92 Å². The number of ether oxygens (including phenoxy) is 2. The molecule has 3 aromatic rings. The van der Waals surface area contributed by atoms with Crippen molar-refractivity contribution >= 4 is 5.91 Å². The first-order chi connectivity index (χ1) is 15.5. The lowest BCUT2D eigenvalue weighted by Crippen LogP contribution is -2.48. The van der Waals surface area contributed by atoms with Gasteiger partial charge in [0, 0.05) is 57.1 Å². The minimum absolute atomic E-state index is 0.0707. The van der Waals surface area contributed by atoms with E-state index in [0.29, 0.717) is 23.7 Å². The Morgan fingerprint density at radius 3 is 2.47 bits per heavy atom. The fourth-order valence-corrected chi connectivity index (χ4v) is 4.03. The molecule has 1 saturated heterocycles. The molecule has 0 saturated carbocycles. The minimum atomic E-state index is 0.0707. The molecule has 4 rings (SSSR count). The maximum Gasteiger partial charge on any atom is 0.253 e. The van der Waals surface area contributed by atoms with Crippen LogP contribution in [0.2, 0.25) is 0 Å². The highest BCUT2D eigenvalue weighted by Crippen LogP contribution is 2.26. The van der Waals surface area contributed by atoms with E-state index in [0.717, 1.165) is 44.0 Å². The fraction of sp³-hybridized carbons (Fsp3) is 0.360. The predicted molar refractivity (Wildman–Crippen MR) is 123 cm³/mol. The van der Waals surface area contributed by atoms with Gasteiger partial charge in [-0.05, 0) is 36.8 Å². The third-order valence-corrected chi connectivity index (χ3v) is 5.81. The van der Waals surface area contributed by atoms with E-state index in [-0.39, 0.29) is 5.91 Å². The molecule has 1 aliphatic heterocycles. The second kappa shape index (κ2) is 9.87. The summed E-state index contributed by atoms with van der Waals surface area (Å²) in [6.45, 7) is 6.45. The number of rotatable bonds is 7. The van der Waals surface area contributed by atoms with Gasteiger partial charge in [-0.1, -0.05) is 24.3 Å². The first kappa shape index (κ1) is 21.9. The number of carbonyl (C=O) groups excluding carboxylic acids is 1. The Balaban J connectivity index is 1.33. The predicted octanol–water partition coefficient (Wildman–Crippen LogP) is 3.27. The molecule has 2 heterocycles. The van der Waals surface area contributed by atoms with Gasteiger partial charge < -0.3 is 14.4 Å². The number of hydrogen-bond donors (Lipinski definition) is 0. The van der Waals surface area contributed by atoms with E-state index in [1.165, 1.54) is 5.56 Å². The molecule has 1 aliphatic rings. The molecule has 0 radical (unpaired) electrons. The minimum Gasteiger partial charge on any atom is -0.493 e. The zero-order valence-corrected chi connectivity index (χ0v) is 19.0. The molecule has 7 heteroatoms. The van der Waals surface area contributed by atoms with Crippen LogP contribution in [-0.4, -0.2) is 58.8 Å². The number of nitrogens with zero attached hydrogens (tertiary/aromatic N) is 4. The number of methoxy groups -OCH3 is 1. The number of aromatic nitrogens is 2. The van der Waals surface area contributed by atoms with Crippen molar-refractivity contribution in [3.63, 3.8) is 0 Å². The molecule has 0 bridgehead atoms. The van der Waals surface area contributed by atoms with Crippen LogP contribution in [0.3, 0.4) is 0 Å². The van der Waals surface area contributed by atoms with Crippen LogP contribution in [0.25, 0.3) is 0 Å². The number of amides is 1. The van der Waals surface area contributed by atoms with E-state index in [9.17, 15) is 4.79 Å². The van der Waals surface area contributed by atoms with Crippen molar-refractivity contribution in [1.82, 2.24) is 19.6 Å². The van der Waals surface area contributed by atoms with Gasteiger partial charge in [0.25, 0.3) is 5.91 Å².